The Bertz CT molecular complexity index is 703. The Morgan fingerprint density at radius 1 is 1.00 bits per heavy atom. The van der Waals surface area contributed by atoms with Crippen LogP contribution in [0.4, 0.5) is 0 Å². The first-order valence-corrected chi connectivity index (χ1v) is 6.66. The molecule has 2 heterocycles. The number of nitrogens with zero attached hydrogens (tertiary/aromatic N) is 2. The molecule has 0 aliphatic carbocycles. The molecule has 0 aliphatic rings. The topological polar surface area (TPSA) is 78.4 Å². The maximum Gasteiger partial charge on any atom is 0.341 e. The summed E-state index contributed by atoms with van der Waals surface area (Å²) >= 11 is 3.28. The molecular weight excluding hydrogens is 340 g/mol. The first-order valence-electron chi connectivity index (χ1n) is 5.86. The molecule has 6 nitrogen and oxygen atoms in total. The summed E-state index contributed by atoms with van der Waals surface area (Å²) in [5.74, 6) is -1.14. The van der Waals surface area contributed by atoms with Crippen molar-refractivity contribution < 1.29 is 19.1 Å². The molecule has 0 saturated carbocycles. The van der Waals surface area contributed by atoms with Crippen molar-refractivity contribution in [1.82, 2.24) is 9.97 Å². The molecule has 21 heavy (non-hydrogen) atoms. The third kappa shape index (κ3) is 2.92. The quantitative estimate of drug-likeness (QED) is 0.791. The fourth-order valence-electron chi connectivity index (χ4n) is 1.78. The van der Waals surface area contributed by atoms with Crippen LogP contribution in [0.15, 0.2) is 35.1 Å². The summed E-state index contributed by atoms with van der Waals surface area (Å²) in [7, 11) is 2.54. The summed E-state index contributed by atoms with van der Waals surface area (Å²) in [6, 6.07) is 4.76. The van der Waals surface area contributed by atoms with E-state index in [1.165, 1.54) is 26.6 Å². The summed E-state index contributed by atoms with van der Waals surface area (Å²) < 4.78 is 9.97. The van der Waals surface area contributed by atoms with Crippen LogP contribution in [0.2, 0.25) is 0 Å². The second-order valence-electron chi connectivity index (χ2n) is 3.90. The number of carbonyl (C=O) groups is 2. The van der Waals surface area contributed by atoms with E-state index < -0.39 is 11.9 Å². The van der Waals surface area contributed by atoms with Crippen molar-refractivity contribution in [2.45, 2.75) is 0 Å². The second-order valence-corrected chi connectivity index (χ2v) is 4.75. The highest BCUT2D eigenvalue weighted by molar-refractivity contribution is 9.10. The van der Waals surface area contributed by atoms with Crippen molar-refractivity contribution in [1.29, 1.82) is 0 Å². The largest absolute Gasteiger partial charge is 0.465 e. The van der Waals surface area contributed by atoms with Gasteiger partial charge in [-0.3, -0.25) is 9.97 Å². The van der Waals surface area contributed by atoms with Gasteiger partial charge in [-0.05, 0) is 34.1 Å². The summed E-state index contributed by atoms with van der Waals surface area (Å²) in [5.41, 5.74) is 0.919. The monoisotopic (exact) mass is 350 g/mol. The van der Waals surface area contributed by atoms with Crippen molar-refractivity contribution in [2.75, 3.05) is 14.2 Å². The predicted octanol–water partition coefficient (Wildman–Crippen LogP) is 2.48. The molecule has 2 rings (SSSR count). The van der Waals surface area contributed by atoms with E-state index in [0.29, 0.717) is 4.47 Å². The Morgan fingerprint density at radius 3 is 2.33 bits per heavy atom. The number of aromatic nitrogens is 2. The number of rotatable bonds is 3. The fraction of sp³-hybridized carbons (Fsp3) is 0.143. The lowest BCUT2D eigenvalue weighted by molar-refractivity contribution is 0.0588. The van der Waals surface area contributed by atoms with E-state index in [4.69, 9.17) is 9.47 Å². The molecule has 0 fully saturated rings. The first-order chi connectivity index (χ1) is 10.1. The summed E-state index contributed by atoms with van der Waals surface area (Å²) in [4.78, 5) is 32.1. The summed E-state index contributed by atoms with van der Waals surface area (Å²) in [5, 5.41) is 0. The van der Waals surface area contributed by atoms with Crippen molar-refractivity contribution >= 4 is 27.9 Å². The lowest BCUT2D eigenvalue weighted by Crippen LogP contribution is -2.10. The zero-order valence-corrected chi connectivity index (χ0v) is 12.9. The van der Waals surface area contributed by atoms with E-state index in [-0.39, 0.29) is 22.5 Å². The Hall–Kier alpha value is -2.28. The molecule has 0 spiro atoms. The van der Waals surface area contributed by atoms with Gasteiger partial charge in [0.05, 0.1) is 19.8 Å². The van der Waals surface area contributed by atoms with Crippen LogP contribution in [0.25, 0.3) is 11.4 Å². The maximum atomic E-state index is 11.9. The average Bonchev–Trinajstić information content (AvgIpc) is 2.53. The van der Waals surface area contributed by atoms with Gasteiger partial charge in [-0.15, -0.1) is 0 Å². The Labute approximate surface area is 129 Å². The molecule has 108 valence electrons. The average molecular weight is 351 g/mol. The van der Waals surface area contributed by atoms with Gasteiger partial charge >= 0.3 is 11.9 Å². The number of pyridine rings is 2. The zero-order valence-electron chi connectivity index (χ0n) is 11.3. The zero-order chi connectivity index (χ0) is 15.4. The highest BCUT2D eigenvalue weighted by Gasteiger charge is 2.23. The maximum absolute atomic E-state index is 11.9. The van der Waals surface area contributed by atoms with E-state index in [2.05, 4.69) is 25.9 Å². The van der Waals surface area contributed by atoms with Crippen LogP contribution in [0, 0.1) is 0 Å². The standard InChI is InChI=1S/C14H11BrN2O4/c1-20-13(18)8-4-3-6-16-11(8)12-10(14(19)21-2)9(15)5-7-17-12/h3-7H,1-2H3. The molecule has 2 aromatic heterocycles. The van der Waals surface area contributed by atoms with Crippen LogP contribution < -0.4 is 0 Å². The van der Waals surface area contributed by atoms with Gasteiger partial charge in [-0.2, -0.15) is 0 Å². The van der Waals surface area contributed by atoms with E-state index in [1.54, 1.807) is 18.2 Å². The highest BCUT2D eigenvalue weighted by Crippen LogP contribution is 2.29. The number of hydrogen-bond acceptors (Lipinski definition) is 6. The van der Waals surface area contributed by atoms with Crippen molar-refractivity contribution in [3.8, 4) is 11.4 Å². The van der Waals surface area contributed by atoms with Crippen LogP contribution in [0.1, 0.15) is 20.7 Å². The summed E-state index contributed by atoms with van der Waals surface area (Å²) in [6.07, 6.45) is 3.01. The van der Waals surface area contributed by atoms with Gasteiger partial charge in [0.2, 0.25) is 0 Å². The molecule has 2 aromatic rings. The number of halogens is 1. The van der Waals surface area contributed by atoms with Crippen LogP contribution in [0.3, 0.4) is 0 Å². The van der Waals surface area contributed by atoms with Gasteiger partial charge in [-0.1, -0.05) is 0 Å². The molecule has 7 heteroatoms. The minimum Gasteiger partial charge on any atom is -0.465 e. The first kappa shape index (κ1) is 15.1. The molecule has 0 unspecified atom stereocenters. The molecule has 0 bridgehead atoms. The van der Waals surface area contributed by atoms with Crippen LogP contribution in [0.5, 0.6) is 0 Å². The molecule has 0 aromatic carbocycles. The molecular formula is C14H11BrN2O4. The third-order valence-electron chi connectivity index (χ3n) is 2.73. The van der Waals surface area contributed by atoms with E-state index >= 15 is 0 Å². The number of hydrogen-bond donors (Lipinski definition) is 0. The fourth-order valence-corrected chi connectivity index (χ4v) is 2.25. The van der Waals surface area contributed by atoms with Gasteiger partial charge in [0.1, 0.15) is 17.0 Å². The Morgan fingerprint density at radius 2 is 1.67 bits per heavy atom. The molecule has 0 saturated heterocycles. The second kappa shape index (κ2) is 6.45. The Balaban J connectivity index is 2.71. The minimum absolute atomic E-state index is 0.198. The highest BCUT2D eigenvalue weighted by atomic mass is 79.9. The molecule has 0 atom stereocenters. The minimum atomic E-state index is -0.577. The molecule has 0 N–H and O–H groups in total. The third-order valence-corrected chi connectivity index (χ3v) is 3.39. The number of ether oxygens (including phenoxy) is 2. The SMILES string of the molecule is COC(=O)c1cccnc1-c1nccc(Br)c1C(=O)OC. The number of methoxy groups -OCH3 is 2. The number of esters is 2. The lowest BCUT2D eigenvalue weighted by Gasteiger charge is -2.10. The van der Waals surface area contributed by atoms with Crippen molar-refractivity contribution in [2.24, 2.45) is 0 Å². The number of carbonyl (C=O) groups excluding carboxylic acids is 2. The summed E-state index contributed by atoms with van der Waals surface area (Å²) in [6.45, 7) is 0. The van der Waals surface area contributed by atoms with E-state index in [1.807, 2.05) is 0 Å². The van der Waals surface area contributed by atoms with Crippen molar-refractivity contribution in [3.63, 3.8) is 0 Å². The van der Waals surface area contributed by atoms with Gasteiger partial charge in [0, 0.05) is 16.9 Å². The molecule has 0 amide bonds. The van der Waals surface area contributed by atoms with Crippen LogP contribution >= 0.6 is 15.9 Å². The van der Waals surface area contributed by atoms with Gasteiger partial charge in [0.25, 0.3) is 0 Å². The van der Waals surface area contributed by atoms with Gasteiger partial charge < -0.3 is 9.47 Å². The van der Waals surface area contributed by atoms with Crippen molar-refractivity contribution in [3.05, 3.63) is 46.2 Å². The van der Waals surface area contributed by atoms with E-state index in [9.17, 15) is 9.59 Å². The molecule has 0 radical (unpaired) electrons. The smallest absolute Gasteiger partial charge is 0.341 e. The Kier molecular flexibility index (Phi) is 4.64. The van der Waals surface area contributed by atoms with Crippen LogP contribution in [-0.2, 0) is 9.47 Å². The normalized spacial score (nSPS) is 10.0. The van der Waals surface area contributed by atoms with E-state index in [0.717, 1.165) is 0 Å². The van der Waals surface area contributed by atoms with Crippen LogP contribution in [-0.4, -0.2) is 36.1 Å². The predicted molar refractivity (Wildman–Crippen MR) is 77.8 cm³/mol. The molecule has 0 aliphatic heterocycles. The lowest BCUT2D eigenvalue weighted by atomic mass is 10.1. The van der Waals surface area contributed by atoms with Gasteiger partial charge in [-0.25, -0.2) is 9.59 Å². The van der Waals surface area contributed by atoms with Gasteiger partial charge in [0.15, 0.2) is 0 Å².